The van der Waals surface area contributed by atoms with Crippen LogP contribution in [0.2, 0.25) is 0 Å². The van der Waals surface area contributed by atoms with Gasteiger partial charge < -0.3 is 15.4 Å². The van der Waals surface area contributed by atoms with Gasteiger partial charge in [-0.1, -0.05) is 0 Å². The first-order valence-electron chi connectivity index (χ1n) is 5.21. The molecule has 86 valence electrons. The van der Waals surface area contributed by atoms with Crippen molar-refractivity contribution in [3.63, 3.8) is 0 Å². The molecule has 0 bridgehead atoms. The Morgan fingerprint density at radius 1 is 1.69 bits per heavy atom. The minimum atomic E-state index is -0.0371. The summed E-state index contributed by atoms with van der Waals surface area (Å²) in [6, 6.07) is 1.63. The van der Waals surface area contributed by atoms with Crippen molar-refractivity contribution in [2.24, 2.45) is 5.73 Å². The highest BCUT2D eigenvalue weighted by Crippen LogP contribution is 2.12. The summed E-state index contributed by atoms with van der Waals surface area (Å²) in [6.45, 7) is 4.23. The number of hydrogen-bond acceptors (Lipinski definition) is 5. The van der Waals surface area contributed by atoms with Gasteiger partial charge in [0.15, 0.2) is 0 Å². The standard InChI is InChI=1S/C10H15N5O/c1-7-6-15(4-5-16-7)10-13-3-2-8(14-10)9(11)12/h2-3,7H,4-6H2,1H3,(H3,11,12). The number of amidine groups is 1. The Labute approximate surface area is 94.0 Å². The zero-order valence-corrected chi connectivity index (χ0v) is 9.18. The number of aromatic nitrogens is 2. The van der Waals surface area contributed by atoms with Crippen LogP contribution < -0.4 is 10.6 Å². The molecule has 6 heteroatoms. The number of nitrogen functional groups attached to an aromatic ring is 1. The third-order valence-corrected chi connectivity index (χ3v) is 2.44. The Kier molecular flexibility index (Phi) is 3.00. The highest BCUT2D eigenvalue weighted by molar-refractivity contribution is 5.93. The van der Waals surface area contributed by atoms with Gasteiger partial charge in [0.2, 0.25) is 5.95 Å². The van der Waals surface area contributed by atoms with Crippen LogP contribution in [0.3, 0.4) is 0 Å². The van der Waals surface area contributed by atoms with Gasteiger partial charge >= 0.3 is 0 Å². The zero-order valence-electron chi connectivity index (χ0n) is 9.18. The van der Waals surface area contributed by atoms with Crippen LogP contribution in [-0.4, -0.2) is 41.6 Å². The van der Waals surface area contributed by atoms with E-state index in [1.807, 2.05) is 11.8 Å². The van der Waals surface area contributed by atoms with Gasteiger partial charge in [0.05, 0.1) is 12.7 Å². The van der Waals surface area contributed by atoms with Crippen molar-refractivity contribution < 1.29 is 4.74 Å². The number of nitrogens with one attached hydrogen (secondary N) is 1. The Balaban J connectivity index is 2.19. The van der Waals surface area contributed by atoms with E-state index in [-0.39, 0.29) is 11.9 Å². The van der Waals surface area contributed by atoms with E-state index in [4.69, 9.17) is 15.9 Å². The second-order valence-corrected chi connectivity index (χ2v) is 3.78. The molecule has 0 amide bonds. The number of ether oxygens (including phenoxy) is 1. The number of morpholine rings is 1. The topological polar surface area (TPSA) is 88.1 Å². The normalized spacial score (nSPS) is 20.8. The molecule has 6 nitrogen and oxygen atoms in total. The average Bonchev–Trinajstić information content (AvgIpc) is 2.29. The molecule has 16 heavy (non-hydrogen) atoms. The number of hydrogen-bond donors (Lipinski definition) is 2. The van der Waals surface area contributed by atoms with Gasteiger partial charge in [-0.25, -0.2) is 9.97 Å². The van der Waals surface area contributed by atoms with Crippen LogP contribution in [0, 0.1) is 5.41 Å². The summed E-state index contributed by atoms with van der Waals surface area (Å²) in [5.74, 6) is 0.577. The van der Waals surface area contributed by atoms with E-state index in [2.05, 4.69) is 9.97 Å². The SMILES string of the molecule is CC1CN(c2nccc(C(=N)N)n2)CCO1. The van der Waals surface area contributed by atoms with E-state index in [0.717, 1.165) is 13.1 Å². The maximum absolute atomic E-state index is 7.33. The summed E-state index contributed by atoms with van der Waals surface area (Å²) in [4.78, 5) is 10.5. The van der Waals surface area contributed by atoms with E-state index in [0.29, 0.717) is 18.2 Å². The van der Waals surface area contributed by atoms with Crippen LogP contribution >= 0.6 is 0 Å². The number of nitrogens with two attached hydrogens (primary N) is 1. The molecular weight excluding hydrogens is 206 g/mol. The van der Waals surface area contributed by atoms with Crippen molar-refractivity contribution in [1.29, 1.82) is 5.41 Å². The molecule has 0 aliphatic carbocycles. The summed E-state index contributed by atoms with van der Waals surface area (Å²) < 4.78 is 5.44. The molecule has 1 saturated heterocycles. The Morgan fingerprint density at radius 2 is 2.50 bits per heavy atom. The molecule has 3 N–H and O–H groups in total. The summed E-state index contributed by atoms with van der Waals surface area (Å²) >= 11 is 0. The summed E-state index contributed by atoms with van der Waals surface area (Å²) in [7, 11) is 0. The van der Waals surface area contributed by atoms with Crippen LogP contribution in [0.15, 0.2) is 12.3 Å². The molecule has 1 unspecified atom stereocenters. The molecule has 1 aliphatic rings. The molecule has 0 radical (unpaired) electrons. The van der Waals surface area contributed by atoms with Gasteiger partial charge in [-0.05, 0) is 13.0 Å². The van der Waals surface area contributed by atoms with Crippen LogP contribution in [0.5, 0.6) is 0 Å². The number of rotatable bonds is 2. The molecule has 1 aromatic heterocycles. The molecule has 1 aliphatic heterocycles. The van der Waals surface area contributed by atoms with E-state index < -0.39 is 0 Å². The first kappa shape index (κ1) is 10.8. The molecule has 2 rings (SSSR count). The number of anilines is 1. The highest BCUT2D eigenvalue weighted by atomic mass is 16.5. The largest absolute Gasteiger partial charge is 0.382 e. The quantitative estimate of drug-likeness (QED) is 0.541. The first-order valence-corrected chi connectivity index (χ1v) is 5.21. The highest BCUT2D eigenvalue weighted by Gasteiger charge is 2.19. The van der Waals surface area contributed by atoms with Gasteiger partial charge in [-0.3, -0.25) is 5.41 Å². The van der Waals surface area contributed by atoms with E-state index in [9.17, 15) is 0 Å². The van der Waals surface area contributed by atoms with Gasteiger partial charge in [-0.15, -0.1) is 0 Å². The lowest BCUT2D eigenvalue weighted by molar-refractivity contribution is 0.0526. The molecular formula is C10H15N5O. The van der Waals surface area contributed by atoms with Crippen molar-refractivity contribution >= 4 is 11.8 Å². The van der Waals surface area contributed by atoms with Crippen molar-refractivity contribution in [3.8, 4) is 0 Å². The van der Waals surface area contributed by atoms with Crippen LogP contribution in [0.4, 0.5) is 5.95 Å². The lowest BCUT2D eigenvalue weighted by Crippen LogP contribution is -2.42. The lowest BCUT2D eigenvalue weighted by atomic mass is 10.3. The van der Waals surface area contributed by atoms with E-state index >= 15 is 0 Å². The molecule has 0 spiro atoms. The maximum atomic E-state index is 7.33. The van der Waals surface area contributed by atoms with Crippen molar-refractivity contribution in [2.45, 2.75) is 13.0 Å². The van der Waals surface area contributed by atoms with Gasteiger partial charge in [-0.2, -0.15) is 0 Å². The fraction of sp³-hybridized carbons (Fsp3) is 0.500. The summed E-state index contributed by atoms with van der Waals surface area (Å²) in [5.41, 5.74) is 5.85. The van der Waals surface area contributed by atoms with Gasteiger partial charge in [0, 0.05) is 19.3 Å². The molecule has 1 fully saturated rings. The average molecular weight is 221 g/mol. The second kappa shape index (κ2) is 4.44. The molecule has 1 atom stereocenters. The Morgan fingerprint density at radius 3 is 3.19 bits per heavy atom. The fourth-order valence-electron chi connectivity index (χ4n) is 1.65. The van der Waals surface area contributed by atoms with Crippen LogP contribution in [-0.2, 0) is 4.74 Å². The van der Waals surface area contributed by atoms with Crippen LogP contribution in [0.1, 0.15) is 12.6 Å². The Hall–Kier alpha value is -1.69. The predicted molar refractivity (Wildman–Crippen MR) is 60.7 cm³/mol. The zero-order chi connectivity index (χ0) is 11.5. The van der Waals surface area contributed by atoms with Crippen molar-refractivity contribution in [1.82, 2.24) is 9.97 Å². The monoisotopic (exact) mass is 221 g/mol. The maximum Gasteiger partial charge on any atom is 0.226 e. The Bertz CT molecular complexity index is 395. The second-order valence-electron chi connectivity index (χ2n) is 3.78. The molecule has 2 heterocycles. The van der Waals surface area contributed by atoms with Crippen molar-refractivity contribution in [2.75, 3.05) is 24.6 Å². The summed E-state index contributed by atoms with van der Waals surface area (Å²) in [6.07, 6.45) is 1.80. The summed E-state index contributed by atoms with van der Waals surface area (Å²) in [5, 5.41) is 7.33. The van der Waals surface area contributed by atoms with Crippen LogP contribution in [0.25, 0.3) is 0 Å². The lowest BCUT2D eigenvalue weighted by Gasteiger charge is -2.31. The smallest absolute Gasteiger partial charge is 0.226 e. The number of nitrogens with zero attached hydrogens (tertiary/aromatic N) is 3. The van der Waals surface area contributed by atoms with E-state index in [1.165, 1.54) is 0 Å². The fourth-order valence-corrected chi connectivity index (χ4v) is 1.65. The van der Waals surface area contributed by atoms with Crippen molar-refractivity contribution in [3.05, 3.63) is 18.0 Å². The first-order chi connectivity index (χ1) is 7.66. The van der Waals surface area contributed by atoms with Gasteiger partial charge in [0.25, 0.3) is 0 Å². The molecule has 0 aromatic carbocycles. The minimum absolute atomic E-state index is 0.0371. The third-order valence-electron chi connectivity index (χ3n) is 2.44. The predicted octanol–water partition coefficient (Wildman–Crippen LogP) is -0.0142. The molecule has 1 aromatic rings. The van der Waals surface area contributed by atoms with Gasteiger partial charge in [0.1, 0.15) is 11.5 Å². The minimum Gasteiger partial charge on any atom is -0.382 e. The molecule has 0 saturated carbocycles. The van der Waals surface area contributed by atoms with E-state index in [1.54, 1.807) is 12.3 Å². The third kappa shape index (κ3) is 2.27.